The van der Waals surface area contributed by atoms with Gasteiger partial charge in [0.2, 0.25) is 112 Å². The number of hydrogen-bond donors (Lipinski definition) is 39. The molecule has 0 fully saturated rings. The molecule has 0 aliphatic carbocycles. The van der Waals surface area contributed by atoms with Gasteiger partial charge in [-0.15, -0.1) is 0 Å². The Balaban J connectivity index is 6.42. The van der Waals surface area contributed by atoms with Crippen molar-refractivity contribution >= 4 is 148 Å². The highest BCUT2D eigenvalue weighted by Crippen LogP contribution is 2.12. The van der Waals surface area contributed by atoms with Crippen molar-refractivity contribution in [1.82, 2.24) is 117 Å². The van der Waals surface area contributed by atoms with Crippen LogP contribution in [0.25, 0.3) is 0 Å². The van der Waals surface area contributed by atoms with Crippen LogP contribution in [0.1, 0.15) is 150 Å². The molecule has 796 valence electrons. The molecule has 0 aromatic heterocycles. The first kappa shape index (κ1) is 127. The van der Waals surface area contributed by atoms with E-state index >= 15 is 0 Å². The first-order chi connectivity index (χ1) is 66.2. The van der Waals surface area contributed by atoms with Gasteiger partial charge in [-0.1, -0.05) is 0 Å². The molecule has 60 heteroatoms. The van der Waals surface area contributed by atoms with Crippen molar-refractivity contribution in [3.05, 3.63) is 0 Å². The molecule has 0 bridgehead atoms. The summed E-state index contributed by atoms with van der Waals surface area (Å²) in [6, 6.07) is -24.5. The van der Waals surface area contributed by atoms with Gasteiger partial charge in [0.05, 0.1) is 64.8 Å². The molecular formula is C80H149N33O26S. The smallest absolute Gasteiger partial charge is 0.328 e. The summed E-state index contributed by atoms with van der Waals surface area (Å²) in [5.41, 5.74) is 44.9. The number of rotatable bonds is 75. The maximum Gasteiger partial charge on any atom is 0.328 e. The maximum absolute atomic E-state index is 14.2. The van der Waals surface area contributed by atoms with Crippen LogP contribution in [0.2, 0.25) is 0 Å². The van der Waals surface area contributed by atoms with Gasteiger partial charge >= 0.3 is 5.97 Å². The number of thioether (sulfide) groups is 1. The van der Waals surface area contributed by atoms with E-state index in [9.17, 15) is 127 Å². The molecule has 0 aromatic rings. The van der Waals surface area contributed by atoms with Crippen LogP contribution in [0.5, 0.6) is 0 Å². The summed E-state index contributed by atoms with van der Waals surface area (Å²) >= 11 is 1.43. The highest BCUT2D eigenvalue weighted by Gasteiger charge is 2.38. The third-order valence-electron chi connectivity index (χ3n) is 20.5. The Morgan fingerprint density at radius 1 is 0.279 bits per heavy atom. The first-order valence-corrected chi connectivity index (χ1v) is 46.9. The second-order valence-corrected chi connectivity index (χ2v) is 33.2. The fraction of sp³-hybridized carbons (Fsp3) is 0.713. The molecule has 0 aliphatic rings. The number of carboxylic acid groups (broad SMARTS) is 1. The van der Waals surface area contributed by atoms with Gasteiger partial charge in [-0.25, -0.2) is 4.79 Å². The number of guanidine groups is 3. The van der Waals surface area contributed by atoms with Crippen LogP contribution in [0, 0.1) is 16.2 Å². The summed E-state index contributed by atoms with van der Waals surface area (Å²) in [7, 11) is 0. The molecule has 0 aromatic carbocycles. The van der Waals surface area contributed by atoms with Crippen molar-refractivity contribution in [1.29, 1.82) is 16.2 Å². The lowest BCUT2D eigenvalue weighted by Gasteiger charge is -2.27. The van der Waals surface area contributed by atoms with Crippen LogP contribution in [-0.2, 0) is 95.9 Å². The first-order valence-electron chi connectivity index (χ1n) is 45.5. The third-order valence-corrected chi connectivity index (χ3v) is 21.1. The standard InChI is InChI=1S/C80H149N33O26S/c1-41(99-68(129)47(17-6-10-25-81)103-58(120)34-95-57(119)33-98-76(137)61(44(4)118)113-73(134)48(18-7-11-26-82)104-60(122)35-96-66(127)46(21-14-29-92-78(86)87)102-59(121)36-97-67(128)53(37-114)109-65(126)45(85)24-32-140-5)64(125)107-51(22-15-30-93-79(88)89)70(131)101-42(2)62(123)105-49(19-8-12-27-83)69(130)100-43(3)63(124)106-50(20-9-13-28-84)71(132)110-54(38-115)74(135)108-52(23-16-31-94-80(90)91)72(133)111-55(39-116)75(136)112-56(40-117)77(138)139/h41-56,61,114-118H,6-40,81-85H2,1-5H3,(H,95,119)(H,96,127)(H,97,128)(H,98,137)(H,99,129)(H,100,130)(H,101,131)(H,102,121)(H,103,120)(H,104,122)(H,105,123)(H,106,124)(H,107,125)(H,108,135)(H,109,126)(H,110,132)(H,111,133)(H,112,136)(H,113,134)(H,138,139)(H4,86,87,92)(H4,88,89,93)(H4,90,91,94)/t41-,42-,43-,44+,45-,46-,47-,48-,49-,50-,51-,52-,53-,54-,55-,56-,61-/m0/s1. The van der Waals surface area contributed by atoms with E-state index in [2.05, 4.69) is 112 Å². The maximum atomic E-state index is 14.2. The number of aliphatic hydroxyl groups excluding tert-OH is 5. The van der Waals surface area contributed by atoms with Gasteiger partial charge in [0.1, 0.15) is 90.6 Å². The zero-order chi connectivity index (χ0) is 106. The van der Waals surface area contributed by atoms with E-state index in [-0.39, 0.29) is 142 Å². The van der Waals surface area contributed by atoms with E-state index in [1.54, 1.807) is 6.26 Å². The van der Waals surface area contributed by atoms with Crippen molar-refractivity contribution in [3.63, 3.8) is 0 Å². The van der Waals surface area contributed by atoms with Crippen molar-refractivity contribution < 1.29 is 127 Å². The van der Waals surface area contributed by atoms with Gasteiger partial charge < -0.3 is 193 Å². The average molecular weight is 2020 g/mol. The molecule has 0 spiro atoms. The monoisotopic (exact) mass is 2020 g/mol. The number of amides is 19. The number of hydrogen-bond acceptors (Lipinski definition) is 34. The summed E-state index contributed by atoms with van der Waals surface area (Å²) in [5, 5.41) is 134. The highest BCUT2D eigenvalue weighted by atomic mass is 32.2. The second-order valence-electron chi connectivity index (χ2n) is 32.2. The number of carbonyl (C=O) groups is 20. The molecular weight excluding hydrogens is 1870 g/mol. The Morgan fingerprint density at radius 2 is 0.521 bits per heavy atom. The van der Waals surface area contributed by atoms with E-state index in [1.807, 2.05) is 5.32 Å². The van der Waals surface area contributed by atoms with Crippen LogP contribution in [0.4, 0.5) is 0 Å². The number of aliphatic carboxylic acids is 1. The highest BCUT2D eigenvalue weighted by molar-refractivity contribution is 7.98. The summed E-state index contributed by atoms with van der Waals surface area (Å²) < 4.78 is 0. The zero-order valence-electron chi connectivity index (χ0n) is 79.4. The molecule has 0 aliphatic heterocycles. The molecule has 19 amide bonds. The van der Waals surface area contributed by atoms with E-state index in [0.717, 1.165) is 6.92 Å². The summed E-state index contributed by atoms with van der Waals surface area (Å²) in [6.45, 7) is -1.96. The van der Waals surface area contributed by atoms with E-state index in [0.29, 0.717) is 31.4 Å². The molecule has 0 rings (SSSR count). The van der Waals surface area contributed by atoms with Crippen LogP contribution >= 0.6 is 11.8 Å². The zero-order valence-corrected chi connectivity index (χ0v) is 80.3. The second kappa shape index (κ2) is 72.5. The predicted octanol–water partition coefficient (Wildman–Crippen LogP) is -17.4. The quantitative estimate of drug-likeness (QED) is 0.0153. The fourth-order valence-corrected chi connectivity index (χ4v) is 13.0. The fourth-order valence-electron chi connectivity index (χ4n) is 12.5. The van der Waals surface area contributed by atoms with Gasteiger partial charge in [0, 0.05) is 19.6 Å². The average Bonchev–Trinajstić information content (AvgIpc) is 0.824. The van der Waals surface area contributed by atoms with Gasteiger partial charge in [0.25, 0.3) is 0 Å². The number of unbranched alkanes of at least 4 members (excludes halogenated alkanes) is 4. The summed E-state index contributed by atoms with van der Waals surface area (Å²) in [5.74, 6) is -21.4. The summed E-state index contributed by atoms with van der Waals surface area (Å²) in [6.07, 6.45) is 1.79. The van der Waals surface area contributed by atoms with Crippen molar-refractivity contribution in [3.8, 4) is 0 Å². The molecule has 0 heterocycles. The number of carboxylic acids is 1. The lowest BCUT2D eigenvalue weighted by atomic mass is 10.1. The number of nitrogens with two attached hydrogens (primary N) is 8. The summed E-state index contributed by atoms with van der Waals surface area (Å²) in [4.78, 5) is 269. The number of nitrogens with one attached hydrogen (secondary N) is 25. The largest absolute Gasteiger partial charge is 0.480 e. The minimum absolute atomic E-state index is 0.000819. The molecule has 0 saturated heterocycles. The lowest BCUT2D eigenvalue weighted by Crippen LogP contribution is -2.61. The van der Waals surface area contributed by atoms with Crippen LogP contribution in [-0.4, -0.2) is 380 Å². The predicted molar refractivity (Wildman–Crippen MR) is 506 cm³/mol. The van der Waals surface area contributed by atoms with E-state index in [4.69, 9.17) is 62.1 Å². The van der Waals surface area contributed by atoms with Crippen LogP contribution < -0.4 is 163 Å². The Bertz CT molecular complexity index is 4040. The van der Waals surface area contributed by atoms with E-state index < -0.39 is 291 Å². The molecule has 0 radical (unpaired) electrons. The van der Waals surface area contributed by atoms with Gasteiger partial charge in [-0.2, -0.15) is 11.8 Å². The van der Waals surface area contributed by atoms with Crippen molar-refractivity contribution in [2.24, 2.45) is 45.9 Å². The molecule has 140 heavy (non-hydrogen) atoms. The van der Waals surface area contributed by atoms with Gasteiger partial charge in [-0.05, 0) is 188 Å². The topological polar surface area (TPSA) is 1010 Å². The SMILES string of the molecule is CSCC[C@H](N)C(=O)N[C@@H](CO)C(=O)NCC(=O)N[C@@H](CCCNC(=N)N)C(=O)NCC(=O)N[C@@H](CCCCN)C(=O)N[C@H](C(=O)NCC(=O)NCC(=O)N[C@@H](CCCCN)C(=O)N[C@@H](C)C(=O)N[C@@H](CCCNC(=N)N)C(=O)N[C@@H](C)C(=O)N[C@@H](CCCCN)C(=O)N[C@@H](C)C(=O)N[C@@H](CCCCN)C(=O)N[C@@H](CO)C(=O)N[C@@H](CCCNC(=N)N)C(=O)N[C@@H](CO)C(=O)N[C@@H](CO)C(=O)O)[C@@H](C)O. The molecule has 59 nitrogen and oxygen atoms in total. The van der Waals surface area contributed by atoms with Crippen LogP contribution in [0.3, 0.4) is 0 Å². The molecule has 0 unspecified atom stereocenters. The Kier molecular flexibility index (Phi) is 65.8. The van der Waals surface area contributed by atoms with Crippen molar-refractivity contribution in [2.75, 3.05) is 110 Å². The Morgan fingerprint density at radius 3 is 0.829 bits per heavy atom. The van der Waals surface area contributed by atoms with Gasteiger partial charge in [-0.3, -0.25) is 107 Å². The molecule has 0 saturated carbocycles. The number of aliphatic hydroxyl groups is 5. The third kappa shape index (κ3) is 54.5. The Labute approximate surface area is 813 Å². The molecule has 17 atom stereocenters. The lowest BCUT2D eigenvalue weighted by molar-refractivity contribution is -0.143. The van der Waals surface area contributed by atoms with E-state index in [1.165, 1.54) is 32.5 Å². The minimum atomic E-state index is -1.85. The van der Waals surface area contributed by atoms with Gasteiger partial charge in [0.15, 0.2) is 17.9 Å². The number of carbonyl (C=O) groups excluding carboxylic acids is 19. The minimum Gasteiger partial charge on any atom is -0.480 e. The van der Waals surface area contributed by atoms with Crippen LogP contribution in [0.15, 0.2) is 0 Å². The molecule has 47 N–H and O–H groups in total. The normalized spacial score (nSPS) is 14.6. The van der Waals surface area contributed by atoms with Crippen molar-refractivity contribution in [2.45, 2.75) is 252 Å². The Hall–Kier alpha value is -12.8.